The van der Waals surface area contributed by atoms with Crippen LogP contribution in [0.25, 0.3) is 98.8 Å². The topological polar surface area (TPSA) is 13.1 Å². The third-order valence-electron chi connectivity index (χ3n) is 9.24. The summed E-state index contributed by atoms with van der Waals surface area (Å²) in [6, 6.07) is 31.3. The van der Waals surface area contributed by atoms with Gasteiger partial charge in [-0.3, -0.25) is 0 Å². The first-order valence-corrected chi connectivity index (χ1v) is 16.0. The van der Waals surface area contributed by atoms with Gasteiger partial charge in [0.15, 0.2) is 0 Å². The van der Waals surface area contributed by atoms with Gasteiger partial charge in [-0.25, -0.2) is 0 Å². The molecule has 0 atom stereocenters. The lowest BCUT2D eigenvalue weighted by atomic mass is 9.84. The van der Waals surface area contributed by atoms with Crippen LogP contribution in [0.15, 0.2) is 186 Å². The van der Waals surface area contributed by atoms with E-state index in [2.05, 4.69) is 24.3 Å². The number of hydrogen-bond acceptors (Lipinski definition) is 1. The molecule has 0 N–H and O–H groups in total. The van der Waals surface area contributed by atoms with Gasteiger partial charge in [0.2, 0.25) is 0 Å². The largest absolute Gasteiger partial charge is 0.456 e. The highest BCUT2D eigenvalue weighted by molar-refractivity contribution is 6.25. The van der Waals surface area contributed by atoms with Gasteiger partial charge in [0.05, 0.1) is 15.1 Å². The Morgan fingerprint density at radius 1 is 0.367 bits per heavy atom. The molecule has 0 aliphatic rings. The Morgan fingerprint density at radius 2 is 1.02 bits per heavy atom. The van der Waals surface area contributed by atoms with Crippen LogP contribution in [-0.4, -0.2) is 0 Å². The second kappa shape index (κ2) is 11.1. The highest BCUT2D eigenvalue weighted by atomic mass is 16.3. The highest BCUT2D eigenvalue weighted by Crippen LogP contribution is 2.47. The monoisotopic (exact) mass is 633 g/mol. The van der Waals surface area contributed by atoms with Crippen molar-refractivity contribution in [2.45, 2.75) is 0 Å². The fraction of sp³-hybridized carbons (Fsp3) is 0. The minimum atomic E-state index is -0.659. The fourth-order valence-electron chi connectivity index (χ4n) is 7.10. The van der Waals surface area contributed by atoms with Crippen molar-refractivity contribution in [3.8, 4) is 44.5 Å². The molecular formula is C48H30O. The molecule has 0 unspecified atom stereocenters. The molecule has 0 saturated heterocycles. The normalized spacial score (nSPS) is 14.8. The predicted octanol–water partition coefficient (Wildman–Crippen LogP) is 13.7. The van der Waals surface area contributed by atoms with E-state index in [0.717, 1.165) is 49.4 Å². The lowest BCUT2D eigenvalue weighted by Gasteiger charge is -2.18. The number of hydrogen-bond donors (Lipinski definition) is 0. The molecule has 9 aromatic carbocycles. The first kappa shape index (κ1) is 18.8. The smallest absolute Gasteiger partial charge is 0.136 e. The third kappa shape index (κ3) is 4.40. The summed E-state index contributed by atoms with van der Waals surface area (Å²) in [5, 5.41) is 4.16. The Bertz CT molecular complexity index is 3410. The number of furan rings is 1. The first-order chi connectivity index (χ1) is 28.9. The van der Waals surface area contributed by atoms with E-state index in [9.17, 15) is 5.48 Å². The van der Waals surface area contributed by atoms with Gasteiger partial charge in [0, 0.05) is 10.8 Å². The summed E-state index contributed by atoms with van der Waals surface area (Å²) in [4.78, 5) is 0. The van der Waals surface area contributed by atoms with E-state index in [4.69, 9.17) is 14.0 Å². The number of fused-ring (bicyclic) bond motifs is 6. The molecule has 0 spiro atoms. The van der Waals surface area contributed by atoms with Gasteiger partial charge in [-0.2, -0.15) is 0 Å². The summed E-state index contributed by atoms with van der Waals surface area (Å²) in [6.45, 7) is 0. The van der Waals surface area contributed by atoms with Crippen LogP contribution in [-0.2, 0) is 0 Å². The zero-order valence-corrected chi connectivity index (χ0v) is 25.9. The highest BCUT2D eigenvalue weighted by Gasteiger charge is 2.20. The fourth-order valence-corrected chi connectivity index (χ4v) is 7.10. The average molecular weight is 634 g/mol. The standard InChI is InChI=1S/C48H30O/c1-2-12-31(13-3-1)35-28-29-44-43(30-35)48-42(22-11-23-45(48)49-44)47-40-19-8-6-17-38(40)46(39-18-7-9-20-41(39)47)34-26-24-33(25-27-34)37-21-10-15-32-14-4-5-16-36(32)37/h1-30H/i4D,5D,10D,14D,15D,16D,21D,24D,25D,26D,27D. The quantitative estimate of drug-likeness (QED) is 0.176. The molecule has 10 aromatic rings. The first-order valence-electron chi connectivity index (χ1n) is 21.5. The van der Waals surface area contributed by atoms with Crippen molar-refractivity contribution in [1.82, 2.24) is 0 Å². The second-order valence-electron chi connectivity index (χ2n) is 11.9. The van der Waals surface area contributed by atoms with Gasteiger partial charge >= 0.3 is 0 Å². The van der Waals surface area contributed by atoms with Crippen LogP contribution in [0.5, 0.6) is 0 Å². The van der Waals surface area contributed by atoms with E-state index in [1.807, 2.05) is 91.0 Å². The molecule has 0 aliphatic carbocycles. The maximum Gasteiger partial charge on any atom is 0.136 e. The van der Waals surface area contributed by atoms with E-state index < -0.39 is 66.5 Å². The summed E-state index contributed by atoms with van der Waals surface area (Å²) in [5.41, 5.74) is 5.09. The van der Waals surface area contributed by atoms with Gasteiger partial charge in [-0.15, -0.1) is 0 Å². The molecule has 1 heteroatoms. The lowest BCUT2D eigenvalue weighted by molar-refractivity contribution is 0.669. The molecule has 1 aromatic heterocycles. The zero-order valence-electron chi connectivity index (χ0n) is 36.9. The van der Waals surface area contributed by atoms with Crippen LogP contribution in [0.2, 0.25) is 0 Å². The minimum Gasteiger partial charge on any atom is -0.456 e. The number of benzene rings is 9. The average Bonchev–Trinajstić information content (AvgIpc) is 3.65. The molecule has 0 aliphatic heterocycles. The SMILES string of the molecule is [2H]c1c([2H])c(-c2c([2H])c([2H])c([2H])c3c([2H])c([2H])c([2H])c([2H])c23)c([2H])c([2H])c1-c1c2ccccc2c(-c2cccc3oc4ccc(-c5ccccc5)cc4c23)c2ccccc12. The van der Waals surface area contributed by atoms with Crippen LogP contribution in [0.4, 0.5) is 0 Å². The minimum absolute atomic E-state index is 0.00752. The van der Waals surface area contributed by atoms with Gasteiger partial charge in [-0.05, 0) is 95.0 Å². The number of rotatable bonds is 4. The molecule has 0 saturated carbocycles. The van der Waals surface area contributed by atoms with Crippen molar-refractivity contribution in [3.05, 3.63) is 182 Å². The van der Waals surface area contributed by atoms with Crippen molar-refractivity contribution in [3.63, 3.8) is 0 Å². The Balaban J connectivity index is 1.29. The van der Waals surface area contributed by atoms with Gasteiger partial charge < -0.3 is 4.42 Å². The molecule has 0 amide bonds. The van der Waals surface area contributed by atoms with Crippen molar-refractivity contribution in [1.29, 1.82) is 0 Å². The molecule has 1 heterocycles. The predicted molar refractivity (Wildman–Crippen MR) is 208 cm³/mol. The lowest BCUT2D eigenvalue weighted by Crippen LogP contribution is -1.91. The molecular weight excluding hydrogens is 593 g/mol. The molecule has 228 valence electrons. The molecule has 10 rings (SSSR count). The van der Waals surface area contributed by atoms with Crippen LogP contribution >= 0.6 is 0 Å². The summed E-state index contributed by atoms with van der Waals surface area (Å²) in [5.74, 6) is 0. The van der Waals surface area contributed by atoms with Crippen LogP contribution in [0, 0.1) is 0 Å². The summed E-state index contributed by atoms with van der Waals surface area (Å²) < 4.78 is 104. The molecule has 49 heavy (non-hydrogen) atoms. The Kier molecular flexibility index (Phi) is 4.25. The van der Waals surface area contributed by atoms with Crippen molar-refractivity contribution in [2.24, 2.45) is 0 Å². The van der Waals surface area contributed by atoms with Crippen molar-refractivity contribution >= 4 is 54.3 Å². The Morgan fingerprint density at radius 3 is 1.78 bits per heavy atom. The van der Waals surface area contributed by atoms with Crippen LogP contribution in [0.1, 0.15) is 15.1 Å². The van der Waals surface area contributed by atoms with Crippen molar-refractivity contribution in [2.75, 3.05) is 0 Å². The third-order valence-corrected chi connectivity index (χ3v) is 9.24. The van der Waals surface area contributed by atoms with Crippen LogP contribution < -0.4 is 0 Å². The maximum absolute atomic E-state index is 9.54. The molecule has 0 fully saturated rings. The summed E-state index contributed by atoms with van der Waals surface area (Å²) >= 11 is 0. The Hall–Kier alpha value is -6.44. The van der Waals surface area contributed by atoms with E-state index >= 15 is 0 Å². The van der Waals surface area contributed by atoms with E-state index in [0.29, 0.717) is 21.9 Å². The maximum atomic E-state index is 9.54. The zero-order chi connectivity index (χ0) is 41.9. The summed E-state index contributed by atoms with van der Waals surface area (Å²) in [7, 11) is 0. The van der Waals surface area contributed by atoms with Gasteiger partial charge in [-0.1, -0.05) is 164 Å². The molecule has 0 radical (unpaired) electrons. The van der Waals surface area contributed by atoms with Crippen molar-refractivity contribution < 1.29 is 19.5 Å². The van der Waals surface area contributed by atoms with Gasteiger partial charge in [0.1, 0.15) is 11.2 Å². The van der Waals surface area contributed by atoms with E-state index in [1.54, 1.807) is 0 Å². The molecule has 1 nitrogen and oxygen atoms in total. The van der Waals surface area contributed by atoms with E-state index in [1.165, 1.54) is 0 Å². The van der Waals surface area contributed by atoms with Gasteiger partial charge in [0.25, 0.3) is 0 Å². The van der Waals surface area contributed by atoms with Crippen LogP contribution in [0.3, 0.4) is 0 Å². The second-order valence-corrected chi connectivity index (χ2v) is 11.9. The van der Waals surface area contributed by atoms with E-state index in [-0.39, 0.29) is 27.5 Å². The summed E-state index contributed by atoms with van der Waals surface area (Å²) in [6.07, 6.45) is 0. The Labute approximate surface area is 299 Å². The molecule has 0 bridgehead atoms.